The summed E-state index contributed by atoms with van der Waals surface area (Å²) < 4.78 is 0. The summed E-state index contributed by atoms with van der Waals surface area (Å²) in [5, 5.41) is 3.27. The van der Waals surface area contributed by atoms with Crippen molar-refractivity contribution < 1.29 is 9.59 Å². The molecular formula is C17H18N2O2. The summed E-state index contributed by atoms with van der Waals surface area (Å²) in [4.78, 5) is 28.9. The molecule has 4 heteroatoms. The molecule has 1 aliphatic heterocycles. The van der Waals surface area contributed by atoms with Crippen LogP contribution in [0.3, 0.4) is 0 Å². The number of Topliss-reactive ketones (excluding diaryl/α,β-unsaturated/α-hetero) is 2. The zero-order valence-electron chi connectivity index (χ0n) is 12.3. The summed E-state index contributed by atoms with van der Waals surface area (Å²) in [5.41, 5.74) is 3.96. The number of allylic oxidation sites excluding steroid dienone is 4. The van der Waals surface area contributed by atoms with E-state index >= 15 is 0 Å². The van der Waals surface area contributed by atoms with E-state index in [0.29, 0.717) is 12.0 Å². The number of dihydropyridines is 1. The predicted octanol–water partition coefficient (Wildman–Crippen LogP) is 2.64. The highest BCUT2D eigenvalue weighted by Gasteiger charge is 2.37. The highest BCUT2D eigenvalue weighted by atomic mass is 16.1. The first-order valence-electron chi connectivity index (χ1n) is 7.25. The SMILES string of the molecule is CC(=O)C1=C(C)NC2=C(C(=O)CCC2)C1c1ccccn1. The van der Waals surface area contributed by atoms with Gasteiger partial charge in [-0.1, -0.05) is 6.07 Å². The van der Waals surface area contributed by atoms with E-state index in [0.717, 1.165) is 35.5 Å². The van der Waals surface area contributed by atoms with Gasteiger partial charge in [0.1, 0.15) is 0 Å². The van der Waals surface area contributed by atoms with Crippen LogP contribution in [0.5, 0.6) is 0 Å². The van der Waals surface area contributed by atoms with E-state index in [1.165, 1.54) is 0 Å². The van der Waals surface area contributed by atoms with Gasteiger partial charge in [-0.25, -0.2) is 0 Å². The van der Waals surface area contributed by atoms with E-state index in [9.17, 15) is 9.59 Å². The number of nitrogens with zero attached hydrogens (tertiary/aromatic N) is 1. The lowest BCUT2D eigenvalue weighted by Crippen LogP contribution is -2.33. The van der Waals surface area contributed by atoms with Gasteiger partial charge in [-0.3, -0.25) is 14.6 Å². The Morgan fingerprint density at radius 3 is 2.81 bits per heavy atom. The van der Waals surface area contributed by atoms with E-state index in [4.69, 9.17) is 0 Å². The van der Waals surface area contributed by atoms with Gasteiger partial charge in [-0.2, -0.15) is 0 Å². The molecule has 1 aromatic rings. The van der Waals surface area contributed by atoms with Crippen LogP contribution in [0.15, 0.2) is 46.9 Å². The number of carbonyl (C=O) groups excluding carboxylic acids is 2. The predicted molar refractivity (Wildman–Crippen MR) is 79.4 cm³/mol. The van der Waals surface area contributed by atoms with Crippen LogP contribution in [0.1, 0.15) is 44.7 Å². The lowest BCUT2D eigenvalue weighted by Gasteiger charge is -2.33. The number of pyridine rings is 1. The van der Waals surface area contributed by atoms with Crippen LogP contribution in [0.2, 0.25) is 0 Å². The second-order valence-corrected chi connectivity index (χ2v) is 5.58. The average Bonchev–Trinajstić information content (AvgIpc) is 2.46. The smallest absolute Gasteiger partial charge is 0.161 e. The standard InChI is InChI=1S/C17H18N2O2/c1-10-15(11(2)20)17(12-6-3-4-9-18-12)16-13(19-10)7-5-8-14(16)21/h3-4,6,9,17,19H,5,7-8H2,1-2H3. The fraction of sp³-hybridized carbons (Fsp3) is 0.353. The van der Waals surface area contributed by atoms with E-state index in [1.807, 2.05) is 25.1 Å². The maximum absolute atomic E-state index is 12.4. The first-order valence-corrected chi connectivity index (χ1v) is 7.25. The number of carbonyl (C=O) groups is 2. The molecule has 1 atom stereocenters. The van der Waals surface area contributed by atoms with Crippen LogP contribution >= 0.6 is 0 Å². The average molecular weight is 282 g/mol. The molecule has 0 aromatic carbocycles. The van der Waals surface area contributed by atoms with Gasteiger partial charge < -0.3 is 5.32 Å². The van der Waals surface area contributed by atoms with Crippen molar-refractivity contribution in [3.05, 3.63) is 52.6 Å². The molecule has 2 heterocycles. The van der Waals surface area contributed by atoms with Crippen LogP contribution in [0, 0.1) is 0 Å². The molecule has 1 N–H and O–H groups in total. The maximum Gasteiger partial charge on any atom is 0.161 e. The fourth-order valence-corrected chi connectivity index (χ4v) is 3.29. The third-order valence-electron chi connectivity index (χ3n) is 4.14. The minimum absolute atomic E-state index is 0.0134. The summed E-state index contributed by atoms with van der Waals surface area (Å²) in [7, 11) is 0. The number of aromatic nitrogens is 1. The Hall–Kier alpha value is -2.23. The van der Waals surface area contributed by atoms with Gasteiger partial charge in [0.2, 0.25) is 0 Å². The lowest BCUT2D eigenvalue weighted by atomic mass is 9.76. The Bertz CT molecular complexity index is 671. The largest absolute Gasteiger partial charge is 0.362 e. The summed E-state index contributed by atoms with van der Waals surface area (Å²) in [6.07, 6.45) is 3.97. The Kier molecular flexibility index (Phi) is 3.45. The molecule has 21 heavy (non-hydrogen) atoms. The van der Waals surface area contributed by atoms with Crippen molar-refractivity contribution >= 4 is 11.6 Å². The summed E-state index contributed by atoms with van der Waals surface area (Å²) >= 11 is 0. The maximum atomic E-state index is 12.4. The van der Waals surface area contributed by atoms with Crippen LogP contribution in [-0.2, 0) is 9.59 Å². The molecule has 1 unspecified atom stereocenters. The van der Waals surface area contributed by atoms with Crippen molar-refractivity contribution in [2.45, 2.75) is 39.0 Å². The molecule has 0 bridgehead atoms. The van der Waals surface area contributed by atoms with Gasteiger partial charge in [0.15, 0.2) is 11.6 Å². The quantitative estimate of drug-likeness (QED) is 0.906. The summed E-state index contributed by atoms with van der Waals surface area (Å²) in [6.45, 7) is 3.45. The molecule has 3 rings (SSSR count). The normalized spacial score (nSPS) is 22.0. The minimum Gasteiger partial charge on any atom is -0.362 e. The molecule has 108 valence electrons. The van der Waals surface area contributed by atoms with E-state index in [1.54, 1.807) is 13.1 Å². The monoisotopic (exact) mass is 282 g/mol. The highest BCUT2D eigenvalue weighted by molar-refractivity contribution is 6.04. The molecule has 0 saturated heterocycles. The van der Waals surface area contributed by atoms with Gasteiger partial charge in [0.05, 0.1) is 11.6 Å². The van der Waals surface area contributed by atoms with Gasteiger partial charge in [-0.15, -0.1) is 0 Å². The Morgan fingerprint density at radius 1 is 1.33 bits per heavy atom. The minimum atomic E-state index is -0.326. The molecule has 0 radical (unpaired) electrons. The molecule has 0 fully saturated rings. The number of ketones is 2. The summed E-state index contributed by atoms with van der Waals surface area (Å²) in [5.74, 6) is -0.209. The topological polar surface area (TPSA) is 59.1 Å². The molecule has 4 nitrogen and oxygen atoms in total. The van der Waals surface area contributed by atoms with Crippen molar-refractivity contribution in [3.63, 3.8) is 0 Å². The van der Waals surface area contributed by atoms with E-state index in [-0.39, 0.29) is 17.5 Å². The lowest BCUT2D eigenvalue weighted by molar-refractivity contribution is -0.116. The van der Waals surface area contributed by atoms with Crippen molar-refractivity contribution in [2.24, 2.45) is 0 Å². The van der Waals surface area contributed by atoms with Crippen LogP contribution in [-0.4, -0.2) is 16.6 Å². The number of nitrogens with one attached hydrogen (secondary N) is 1. The van der Waals surface area contributed by atoms with E-state index < -0.39 is 0 Å². The van der Waals surface area contributed by atoms with Crippen LogP contribution in [0.25, 0.3) is 0 Å². The molecule has 1 aromatic heterocycles. The Balaban J connectivity index is 2.20. The van der Waals surface area contributed by atoms with Crippen LogP contribution in [0.4, 0.5) is 0 Å². The first kappa shape index (κ1) is 13.7. The second kappa shape index (κ2) is 5.28. The zero-order chi connectivity index (χ0) is 15.0. The summed E-state index contributed by atoms with van der Waals surface area (Å²) in [6, 6.07) is 5.62. The highest BCUT2D eigenvalue weighted by Crippen LogP contribution is 2.41. The van der Waals surface area contributed by atoms with Crippen molar-refractivity contribution in [1.82, 2.24) is 10.3 Å². The molecule has 0 amide bonds. The first-order chi connectivity index (χ1) is 10.1. The molecule has 1 aliphatic carbocycles. The van der Waals surface area contributed by atoms with Gasteiger partial charge >= 0.3 is 0 Å². The Labute approximate surface area is 124 Å². The van der Waals surface area contributed by atoms with Gasteiger partial charge in [0.25, 0.3) is 0 Å². The van der Waals surface area contributed by atoms with Crippen molar-refractivity contribution in [2.75, 3.05) is 0 Å². The number of hydrogen-bond acceptors (Lipinski definition) is 4. The Morgan fingerprint density at radius 2 is 2.14 bits per heavy atom. The molecule has 0 spiro atoms. The third kappa shape index (κ3) is 2.31. The van der Waals surface area contributed by atoms with Crippen molar-refractivity contribution in [1.29, 1.82) is 0 Å². The van der Waals surface area contributed by atoms with Gasteiger partial charge in [0, 0.05) is 35.2 Å². The molecular weight excluding hydrogens is 264 g/mol. The van der Waals surface area contributed by atoms with Gasteiger partial charge in [-0.05, 0) is 38.8 Å². The number of rotatable bonds is 2. The fourth-order valence-electron chi connectivity index (χ4n) is 3.29. The second-order valence-electron chi connectivity index (χ2n) is 5.58. The molecule has 2 aliphatic rings. The van der Waals surface area contributed by atoms with E-state index in [2.05, 4.69) is 10.3 Å². The number of hydrogen-bond donors (Lipinski definition) is 1. The molecule has 0 saturated carbocycles. The van der Waals surface area contributed by atoms with Crippen molar-refractivity contribution in [3.8, 4) is 0 Å². The third-order valence-corrected chi connectivity index (χ3v) is 4.14. The zero-order valence-corrected chi connectivity index (χ0v) is 12.3. The van der Waals surface area contributed by atoms with Crippen LogP contribution < -0.4 is 5.32 Å².